The van der Waals surface area contributed by atoms with Crippen molar-refractivity contribution in [3.05, 3.63) is 59.2 Å². The van der Waals surface area contributed by atoms with E-state index in [4.69, 9.17) is 9.97 Å². The number of imidazole rings is 1. The quantitative estimate of drug-likeness (QED) is 0.361. The molecule has 2 aliphatic carbocycles. The van der Waals surface area contributed by atoms with E-state index >= 15 is 8.78 Å². The molecule has 2 saturated carbocycles. The Bertz CT molecular complexity index is 1530. The predicted octanol–water partition coefficient (Wildman–Crippen LogP) is 5.13. The van der Waals surface area contributed by atoms with Gasteiger partial charge >= 0.3 is 0 Å². The zero-order valence-electron chi connectivity index (χ0n) is 20.7. The van der Waals surface area contributed by atoms with Crippen LogP contribution in [0.3, 0.4) is 0 Å². The lowest BCUT2D eigenvalue weighted by Crippen LogP contribution is -2.19. The molecule has 0 saturated heterocycles. The van der Waals surface area contributed by atoms with Gasteiger partial charge in [0.1, 0.15) is 34.5 Å². The molecule has 4 aromatic rings. The first-order valence-electron chi connectivity index (χ1n) is 12.1. The highest BCUT2D eigenvalue weighted by Gasteiger charge is 2.46. The zero-order chi connectivity index (χ0) is 25.9. The van der Waals surface area contributed by atoms with E-state index in [0.717, 1.165) is 24.1 Å². The molecule has 0 atom stereocenters. The van der Waals surface area contributed by atoms with Crippen molar-refractivity contribution in [2.75, 3.05) is 17.3 Å². The van der Waals surface area contributed by atoms with E-state index in [0.29, 0.717) is 41.4 Å². The zero-order valence-corrected chi connectivity index (χ0v) is 20.7. The van der Waals surface area contributed by atoms with E-state index in [9.17, 15) is 5.26 Å². The van der Waals surface area contributed by atoms with Gasteiger partial charge in [-0.05, 0) is 56.2 Å². The van der Waals surface area contributed by atoms with Crippen molar-refractivity contribution in [3.8, 4) is 17.5 Å². The molecule has 3 aromatic heterocycles. The van der Waals surface area contributed by atoms with Gasteiger partial charge in [0.05, 0.1) is 17.8 Å². The Morgan fingerprint density at radius 1 is 1.19 bits per heavy atom. The number of anilines is 4. The van der Waals surface area contributed by atoms with Crippen molar-refractivity contribution in [2.24, 2.45) is 7.05 Å². The largest absolute Gasteiger partial charge is 0.340 e. The molecule has 2 fully saturated rings. The van der Waals surface area contributed by atoms with Gasteiger partial charge in [0.2, 0.25) is 5.95 Å². The Morgan fingerprint density at radius 2 is 1.92 bits per heavy atom. The Morgan fingerprint density at radius 3 is 2.46 bits per heavy atom. The number of aromatic nitrogens is 6. The van der Waals surface area contributed by atoms with E-state index < -0.39 is 17.0 Å². The lowest BCUT2D eigenvalue weighted by atomic mass is 9.97. The van der Waals surface area contributed by atoms with Crippen LogP contribution in [-0.4, -0.2) is 36.8 Å². The number of nitrogens with one attached hydrogen (secondary N) is 2. The maximum absolute atomic E-state index is 15.3. The number of hydrogen-bond donors (Lipinski definition) is 2. The summed E-state index contributed by atoms with van der Waals surface area (Å²) in [5.74, 6) is -0.104. The topological polar surface area (TPSA) is 111 Å². The maximum atomic E-state index is 15.3. The van der Waals surface area contributed by atoms with Crippen LogP contribution in [-0.2, 0) is 12.5 Å². The van der Waals surface area contributed by atoms with Gasteiger partial charge in [-0.25, -0.2) is 18.7 Å². The maximum Gasteiger partial charge on any atom is 0.232 e. The van der Waals surface area contributed by atoms with Crippen molar-refractivity contribution in [2.45, 2.75) is 43.9 Å². The van der Waals surface area contributed by atoms with Crippen molar-refractivity contribution in [3.63, 3.8) is 0 Å². The van der Waals surface area contributed by atoms with E-state index in [2.05, 4.69) is 26.6 Å². The highest BCUT2D eigenvalue weighted by molar-refractivity contribution is 5.74. The first-order chi connectivity index (χ1) is 17.8. The third kappa shape index (κ3) is 4.08. The van der Waals surface area contributed by atoms with Crippen molar-refractivity contribution >= 4 is 23.3 Å². The van der Waals surface area contributed by atoms with Gasteiger partial charge in [0, 0.05) is 37.6 Å². The fourth-order valence-electron chi connectivity index (χ4n) is 4.65. The van der Waals surface area contributed by atoms with Gasteiger partial charge in [-0.1, -0.05) is 0 Å². The van der Waals surface area contributed by atoms with Gasteiger partial charge in [-0.3, -0.25) is 5.10 Å². The molecule has 2 aliphatic rings. The summed E-state index contributed by atoms with van der Waals surface area (Å²) in [5.41, 5.74) is 2.30. The summed E-state index contributed by atoms with van der Waals surface area (Å²) in [6.07, 6.45) is 6.70. The minimum Gasteiger partial charge on any atom is -0.340 e. The van der Waals surface area contributed by atoms with Crippen LogP contribution in [0.4, 0.5) is 32.1 Å². The van der Waals surface area contributed by atoms with Crippen molar-refractivity contribution in [1.82, 2.24) is 29.7 Å². The fourth-order valence-corrected chi connectivity index (χ4v) is 4.65. The van der Waals surface area contributed by atoms with Crippen LogP contribution in [0.15, 0.2) is 30.7 Å². The lowest BCUT2D eigenvalue weighted by molar-refractivity contribution is 0.577. The molecule has 6 rings (SSSR count). The van der Waals surface area contributed by atoms with E-state index in [1.54, 1.807) is 6.33 Å². The second kappa shape index (κ2) is 8.37. The number of H-pyrrole nitrogens is 1. The van der Waals surface area contributed by atoms with Gasteiger partial charge < -0.3 is 14.8 Å². The van der Waals surface area contributed by atoms with Crippen LogP contribution in [0.5, 0.6) is 0 Å². The summed E-state index contributed by atoms with van der Waals surface area (Å²) >= 11 is 0. The SMILES string of the molecule is Cc1cc(Nc2nc(N(C)c3c(F)cc(C4(C#N)CC4)cc3F)nc(-c3cn(C)cn3)c2C2CC2)n[nH]1. The molecule has 1 aromatic carbocycles. The minimum atomic E-state index is -0.799. The highest BCUT2D eigenvalue weighted by Crippen LogP contribution is 2.50. The molecule has 0 bridgehead atoms. The number of nitriles is 1. The molecule has 0 unspecified atom stereocenters. The molecule has 37 heavy (non-hydrogen) atoms. The second-order valence-electron chi connectivity index (χ2n) is 9.94. The summed E-state index contributed by atoms with van der Waals surface area (Å²) in [4.78, 5) is 15.3. The average molecular weight is 502 g/mol. The minimum absolute atomic E-state index is 0.103. The lowest BCUT2D eigenvalue weighted by Gasteiger charge is -2.22. The summed E-state index contributed by atoms with van der Waals surface area (Å²) in [6.45, 7) is 1.89. The summed E-state index contributed by atoms with van der Waals surface area (Å²) in [7, 11) is 3.39. The molecule has 0 amide bonds. The number of benzene rings is 1. The predicted molar refractivity (Wildman–Crippen MR) is 134 cm³/mol. The van der Waals surface area contributed by atoms with E-state index in [1.165, 1.54) is 24.1 Å². The van der Waals surface area contributed by atoms with Crippen LogP contribution in [0.25, 0.3) is 11.4 Å². The number of aromatic amines is 1. The van der Waals surface area contributed by atoms with Crippen LogP contribution in [0.2, 0.25) is 0 Å². The molecule has 9 nitrogen and oxygen atoms in total. The van der Waals surface area contributed by atoms with Crippen LogP contribution >= 0.6 is 0 Å². The molecule has 0 spiro atoms. The van der Waals surface area contributed by atoms with Gasteiger partial charge in [-0.2, -0.15) is 15.3 Å². The fraction of sp³-hybridized carbons (Fsp3) is 0.346. The first kappa shape index (κ1) is 23.1. The first-order valence-corrected chi connectivity index (χ1v) is 12.1. The van der Waals surface area contributed by atoms with Crippen LogP contribution in [0.1, 0.15) is 48.4 Å². The van der Waals surface area contributed by atoms with Gasteiger partial charge in [-0.15, -0.1) is 0 Å². The van der Waals surface area contributed by atoms with Crippen LogP contribution < -0.4 is 10.2 Å². The monoisotopic (exact) mass is 501 g/mol. The summed E-state index contributed by atoms with van der Waals surface area (Å²) in [6, 6.07) is 6.53. The summed E-state index contributed by atoms with van der Waals surface area (Å²) < 4.78 is 32.5. The third-order valence-corrected chi connectivity index (χ3v) is 6.99. The summed E-state index contributed by atoms with van der Waals surface area (Å²) in [5, 5.41) is 19.9. The molecular weight excluding hydrogens is 476 g/mol. The molecule has 0 aliphatic heterocycles. The number of rotatable bonds is 7. The number of aryl methyl sites for hydroxylation is 2. The van der Waals surface area contributed by atoms with Crippen molar-refractivity contribution < 1.29 is 8.78 Å². The molecule has 3 heterocycles. The molecule has 2 N–H and O–H groups in total. The second-order valence-corrected chi connectivity index (χ2v) is 9.94. The number of hydrogen-bond acceptors (Lipinski definition) is 7. The highest BCUT2D eigenvalue weighted by atomic mass is 19.1. The Labute approximate surface area is 212 Å². The normalized spacial score (nSPS) is 15.9. The Balaban J connectivity index is 1.48. The van der Waals surface area contributed by atoms with Crippen LogP contribution in [0, 0.1) is 29.9 Å². The number of nitrogens with zero attached hydrogens (tertiary/aromatic N) is 7. The molecular formula is C26H25F2N9. The van der Waals surface area contributed by atoms with E-state index in [1.807, 2.05) is 30.8 Å². The average Bonchev–Trinajstić information content (AvgIpc) is 3.78. The van der Waals surface area contributed by atoms with Gasteiger partial charge in [0.15, 0.2) is 5.82 Å². The Hall–Kier alpha value is -4.33. The molecule has 188 valence electrons. The molecule has 11 heteroatoms. The molecule has 0 radical (unpaired) electrons. The smallest absolute Gasteiger partial charge is 0.232 e. The third-order valence-electron chi connectivity index (χ3n) is 6.99. The van der Waals surface area contributed by atoms with Crippen molar-refractivity contribution in [1.29, 1.82) is 5.26 Å². The Kier molecular flexibility index (Phi) is 5.22. The standard InChI is InChI=1S/C26H25F2N9/c1-14-8-20(35-34-14)31-24-21(15-4-5-15)22(19-11-36(2)13-30-19)32-25(33-24)37(3)23-17(27)9-16(10-18(23)28)26(12-29)6-7-26/h8-11,13,15H,4-7H2,1-3H3,(H2,31,32,33,34,35). The van der Waals surface area contributed by atoms with E-state index in [-0.39, 0.29) is 17.6 Å². The number of halogens is 2. The van der Waals surface area contributed by atoms with Gasteiger partial charge in [0.25, 0.3) is 0 Å².